The van der Waals surface area contributed by atoms with Crippen molar-refractivity contribution in [1.29, 1.82) is 0 Å². The molecule has 0 spiro atoms. The van der Waals surface area contributed by atoms with Gasteiger partial charge >= 0.3 is 0 Å². The second kappa shape index (κ2) is 8.10. The van der Waals surface area contributed by atoms with Gasteiger partial charge in [-0.25, -0.2) is 0 Å². The smallest absolute Gasteiger partial charge is 0.00992 e. The largest absolute Gasteiger partial charge is 0.315 e. The Morgan fingerprint density at radius 3 is 2.41 bits per heavy atom. The number of hydrogen-bond donors (Lipinski definition) is 1. The standard InChI is InChI=1S/C15H32N2/c1-5-6-12-17(15-9-10-15)14(4)8-7-11-16-13(2)3/h13-16H,5-12H2,1-4H3. The maximum atomic E-state index is 3.51. The molecule has 17 heavy (non-hydrogen) atoms. The van der Waals surface area contributed by atoms with Crippen molar-refractivity contribution in [3.63, 3.8) is 0 Å². The first-order valence-electron chi connectivity index (χ1n) is 7.64. The maximum Gasteiger partial charge on any atom is 0.00992 e. The highest BCUT2D eigenvalue weighted by atomic mass is 15.2. The van der Waals surface area contributed by atoms with E-state index in [0.29, 0.717) is 6.04 Å². The summed E-state index contributed by atoms with van der Waals surface area (Å²) in [5.41, 5.74) is 0. The zero-order valence-electron chi connectivity index (χ0n) is 12.3. The van der Waals surface area contributed by atoms with E-state index in [1.807, 2.05) is 0 Å². The van der Waals surface area contributed by atoms with E-state index >= 15 is 0 Å². The summed E-state index contributed by atoms with van der Waals surface area (Å²) in [6, 6.07) is 2.34. The Bertz CT molecular complexity index is 187. The quantitative estimate of drug-likeness (QED) is 0.589. The van der Waals surface area contributed by atoms with E-state index in [2.05, 4.69) is 37.9 Å². The van der Waals surface area contributed by atoms with Crippen molar-refractivity contribution in [3.05, 3.63) is 0 Å². The molecule has 2 nitrogen and oxygen atoms in total. The minimum absolute atomic E-state index is 0.630. The normalized spacial score (nSPS) is 18.0. The molecule has 1 atom stereocenters. The minimum Gasteiger partial charge on any atom is -0.315 e. The summed E-state index contributed by atoms with van der Waals surface area (Å²) in [5.74, 6) is 0. The summed E-state index contributed by atoms with van der Waals surface area (Å²) in [7, 11) is 0. The molecule has 1 aliphatic rings. The third kappa shape index (κ3) is 6.42. The SMILES string of the molecule is CCCCN(C(C)CCCNC(C)C)C1CC1. The lowest BCUT2D eigenvalue weighted by atomic mass is 10.1. The van der Waals surface area contributed by atoms with Gasteiger partial charge < -0.3 is 5.32 Å². The number of rotatable bonds is 10. The maximum absolute atomic E-state index is 3.51. The van der Waals surface area contributed by atoms with E-state index < -0.39 is 0 Å². The highest BCUT2D eigenvalue weighted by Gasteiger charge is 2.31. The first kappa shape index (κ1) is 15.0. The van der Waals surface area contributed by atoms with Crippen LogP contribution in [0, 0.1) is 0 Å². The molecule has 0 radical (unpaired) electrons. The highest BCUT2D eigenvalue weighted by Crippen LogP contribution is 2.29. The van der Waals surface area contributed by atoms with E-state index in [-0.39, 0.29) is 0 Å². The molecule has 0 amide bonds. The topological polar surface area (TPSA) is 15.3 Å². The average Bonchev–Trinajstić information content (AvgIpc) is 3.09. The predicted octanol–water partition coefficient (Wildman–Crippen LogP) is 3.42. The Hall–Kier alpha value is -0.0800. The van der Waals surface area contributed by atoms with Gasteiger partial charge in [-0.3, -0.25) is 4.90 Å². The number of unbranched alkanes of at least 4 members (excludes halogenated alkanes) is 1. The number of nitrogens with one attached hydrogen (secondary N) is 1. The third-order valence-corrected chi connectivity index (χ3v) is 3.70. The fourth-order valence-electron chi connectivity index (χ4n) is 2.46. The summed E-state index contributed by atoms with van der Waals surface area (Å²) >= 11 is 0. The number of hydrogen-bond acceptors (Lipinski definition) is 2. The molecule has 0 aromatic carbocycles. The minimum atomic E-state index is 0.630. The Morgan fingerprint density at radius 1 is 1.18 bits per heavy atom. The average molecular weight is 240 g/mol. The Kier molecular flexibility index (Phi) is 7.14. The van der Waals surface area contributed by atoms with Crippen LogP contribution in [0.3, 0.4) is 0 Å². The first-order valence-corrected chi connectivity index (χ1v) is 7.64. The van der Waals surface area contributed by atoms with Crippen LogP contribution in [0.5, 0.6) is 0 Å². The molecule has 0 saturated heterocycles. The van der Waals surface area contributed by atoms with Gasteiger partial charge in [0.25, 0.3) is 0 Å². The molecular formula is C15H32N2. The van der Waals surface area contributed by atoms with Crippen LogP contribution in [0.25, 0.3) is 0 Å². The molecule has 0 aromatic rings. The second-order valence-electron chi connectivity index (χ2n) is 5.92. The van der Waals surface area contributed by atoms with Crippen molar-refractivity contribution < 1.29 is 0 Å². The van der Waals surface area contributed by atoms with E-state index in [9.17, 15) is 0 Å². The summed E-state index contributed by atoms with van der Waals surface area (Å²) in [4.78, 5) is 2.76. The van der Waals surface area contributed by atoms with Gasteiger partial charge in [-0.15, -0.1) is 0 Å². The van der Waals surface area contributed by atoms with Gasteiger partial charge in [0.05, 0.1) is 0 Å². The van der Waals surface area contributed by atoms with Gasteiger partial charge in [-0.2, -0.15) is 0 Å². The summed E-state index contributed by atoms with van der Waals surface area (Å²) in [6.45, 7) is 11.7. The monoisotopic (exact) mass is 240 g/mol. The lowest BCUT2D eigenvalue weighted by molar-refractivity contribution is 0.184. The van der Waals surface area contributed by atoms with Crippen LogP contribution in [-0.4, -0.2) is 36.1 Å². The van der Waals surface area contributed by atoms with E-state index in [1.54, 1.807) is 0 Å². The van der Waals surface area contributed by atoms with Gasteiger partial charge in [0, 0.05) is 18.1 Å². The second-order valence-corrected chi connectivity index (χ2v) is 5.92. The zero-order chi connectivity index (χ0) is 12.7. The van der Waals surface area contributed by atoms with E-state index in [1.165, 1.54) is 51.6 Å². The van der Waals surface area contributed by atoms with Gasteiger partial charge in [-0.1, -0.05) is 27.2 Å². The van der Waals surface area contributed by atoms with Crippen molar-refractivity contribution in [1.82, 2.24) is 10.2 Å². The van der Waals surface area contributed by atoms with Crippen LogP contribution in [0.4, 0.5) is 0 Å². The number of nitrogens with zero attached hydrogens (tertiary/aromatic N) is 1. The van der Waals surface area contributed by atoms with Crippen molar-refractivity contribution in [2.75, 3.05) is 13.1 Å². The van der Waals surface area contributed by atoms with Crippen molar-refractivity contribution in [2.24, 2.45) is 0 Å². The Morgan fingerprint density at radius 2 is 1.88 bits per heavy atom. The molecule has 1 unspecified atom stereocenters. The van der Waals surface area contributed by atoms with Gasteiger partial charge in [0.2, 0.25) is 0 Å². The van der Waals surface area contributed by atoms with Crippen molar-refractivity contribution >= 4 is 0 Å². The molecule has 1 rings (SSSR count). The molecule has 1 fully saturated rings. The van der Waals surface area contributed by atoms with Gasteiger partial charge in [0.1, 0.15) is 0 Å². The van der Waals surface area contributed by atoms with Crippen LogP contribution in [0.15, 0.2) is 0 Å². The van der Waals surface area contributed by atoms with E-state index in [0.717, 1.165) is 12.1 Å². The first-order chi connectivity index (χ1) is 8.15. The molecular weight excluding hydrogens is 208 g/mol. The van der Waals surface area contributed by atoms with Crippen LogP contribution >= 0.6 is 0 Å². The lowest BCUT2D eigenvalue weighted by Crippen LogP contribution is -2.36. The van der Waals surface area contributed by atoms with Crippen molar-refractivity contribution in [2.45, 2.75) is 84.3 Å². The molecule has 2 heteroatoms. The predicted molar refractivity (Wildman–Crippen MR) is 76.5 cm³/mol. The third-order valence-electron chi connectivity index (χ3n) is 3.70. The molecule has 0 heterocycles. The molecule has 1 N–H and O–H groups in total. The zero-order valence-corrected chi connectivity index (χ0v) is 12.3. The van der Waals surface area contributed by atoms with Crippen LogP contribution < -0.4 is 5.32 Å². The summed E-state index contributed by atoms with van der Waals surface area (Å²) in [6.07, 6.45) is 8.24. The Balaban J connectivity index is 2.15. The highest BCUT2D eigenvalue weighted by molar-refractivity contribution is 4.87. The fourth-order valence-corrected chi connectivity index (χ4v) is 2.46. The molecule has 0 bridgehead atoms. The van der Waals surface area contributed by atoms with E-state index in [4.69, 9.17) is 0 Å². The fraction of sp³-hybridized carbons (Fsp3) is 1.00. The molecule has 1 aliphatic carbocycles. The Labute approximate surface area is 108 Å². The summed E-state index contributed by atoms with van der Waals surface area (Å²) in [5, 5.41) is 3.51. The van der Waals surface area contributed by atoms with Crippen LogP contribution in [0.2, 0.25) is 0 Å². The molecule has 0 aromatic heterocycles. The van der Waals surface area contributed by atoms with Gasteiger partial charge in [0.15, 0.2) is 0 Å². The molecule has 102 valence electrons. The molecule has 0 aliphatic heterocycles. The summed E-state index contributed by atoms with van der Waals surface area (Å²) < 4.78 is 0. The van der Waals surface area contributed by atoms with Crippen LogP contribution in [-0.2, 0) is 0 Å². The lowest BCUT2D eigenvalue weighted by Gasteiger charge is -2.29. The van der Waals surface area contributed by atoms with Gasteiger partial charge in [-0.05, 0) is 52.1 Å². The molecule has 1 saturated carbocycles. The van der Waals surface area contributed by atoms with Crippen LogP contribution in [0.1, 0.15) is 66.2 Å². The van der Waals surface area contributed by atoms with Crippen molar-refractivity contribution in [3.8, 4) is 0 Å².